The van der Waals surface area contributed by atoms with E-state index in [9.17, 15) is 22.8 Å². The first kappa shape index (κ1) is 30.8. The third-order valence-electron chi connectivity index (χ3n) is 8.28. The molecule has 0 saturated carbocycles. The minimum absolute atomic E-state index is 0.0232. The Bertz CT molecular complexity index is 1940. The Morgan fingerprint density at radius 2 is 1.72 bits per heavy atom. The normalized spacial score (nSPS) is 14.7. The van der Waals surface area contributed by atoms with E-state index < -0.39 is 5.92 Å². The van der Waals surface area contributed by atoms with Crippen molar-refractivity contribution in [3.63, 3.8) is 0 Å². The molecule has 0 unspecified atom stereocenters. The number of nitrogens with two attached hydrogens (primary N) is 1. The van der Waals surface area contributed by atoms with Crippen LogP contribution in [-0.4, -0.2) is 40.6 Å². The molecule has 234 valence electrons. The van der Waals surface area contributed by atoms with E-state index in [1.54, 1.807) is 42.6 Å². The summed E-state index contributed by atoms with van der Waals surface area (Å²) >= 11 is 0. The second-order valence-electron chi connectivity index (χ2n) is 11.7. The lowest BCUT2D eigenvalue weighted by Gasteiger charge is -2.31. The highest BCUT2D eigenvalue weighted by Gasteiger charge is 2.35. The summed E-state index contributed by atoms with van der Waals surface area (Å²) in [5, 5.41) is 0.816. The monoisotopic (exact) mass is 623 g/mol. The predicted octanol–water partition coefficient (Wildman–Crippen LogP) is 8.28. The Hall–Kier alpha value is -5.18. The van der Waals surface area contributed by atoms with Gasteiger partial charge in [0.15, 0.2) is 5.78 Å². The van der Waals surface area contributed by atoms with E-state index in [1.807, 2.05) is 37.3 Å². The number of aromatic nitrogens is 1. The fourth-order valence-corrected chi connectivity index (χ4v) is 5.68. The van der Waals surface area contributed by atoms with Crippen molar-refractivity contribution >= 4 is 34.6 Å². The lowest BCUT2D eigenvalue weighted by Crippen LogP contribution is -2.42. The molecule has 9 heteroatoms. The van der Waals surface area contributed by atoms with Gasteiger partial charge in [-0.15, -0.1) is 0 Å². The maximum absolute atomic E-state index is 14.0. The first-order chi connectivity index (χ1) is 22.0. The Kier molecular flexibility index (Phi) is 8.49. The molecular weight excluding hydrogens is 591 g/mol. The molecule has 3 aromatic carbocycles. The van der Waals surface area contributed by atoms with Gasteiger partial charge in [-0.1, -0.05) is 18.2 Å². The van der Waals surface area contributed by atoms with Crippen molar-refractivity contribution in [2.24, 2.45) is 0 Å². The van der Waals surface area contributed by atoms with Gasteiger partial charge in [-0.25, -0.2) is 18.2 Å². The van der Waals surface area contributed by atoms with Gasteiger partial charge in [0, 0.05) is 61.5 Å². The van der Waals surface area contributed by atoms with E-state index in [4.69, 9.17) is 10.2 Å². The average Bonchev–Trinajstić information content (AvgIpc) is 3.46. The predicted molar refractivity (Wildman–Crippen MR) is 173 cm³/mol. The largest absolute Gasteiger partial charge is 0.460 e. The van der Waals surface area contributed by atoms with Crippen LogP contribution in [0, 0.1) is 12.7 Å². The summed E-state index contributed by atoms with van der Waals surface area (Å²) in [5.41, 5.74) is 11.4. The molecule has 46 heavy (non-hydrogen) atoms. The lowest BCUT2D eigenvalue weighted by molar-refractivity contribution is -0.114. The van der Waals surface area contributed by atoms with Crippen LogP contribution in [0.1, 0.15) is 46.5 Å². The number of carbonyl (C=O) groups excluding carboxylic acids is 2. The maximum atomic E-state index is 14.0. The quantitative estimate of drug-likeness (QED) is 0.176. The summed E-state index contributed by atoms with van der Waals surface area (Å²) in [4.78, 5) is 31.1. The van der Waals surface area contributed by atoms with Crippen LogP contribution in [0.15, 0.2) is 89.5 Å². The van der Waals surface area contributed by atoms with Gasteiger partial charge in [0.25, 0.3) is 11.8 Å². The van der Waals surface area contributed by atoms with Gasteiger partial charge in [-0.2, -0.15) is 0 Å². The van der Waals surface area contributed by atoms with E-state index in [0.29, 0.717) is 29.1 Å². The van der Waals surface area contributed by atoms with Crippen LogP contribution in [0.25, 0.3) is 39.3 Å². The van der Waals surface area contributed by atoms with E-state index in [1.165, 1.54) is 23.1 Å². The fourth-order valence-electron chi connectivity index (χ4n) is 5.68. The number of hydrogen-bond acceptors (Lipinski definition) is 5. The van der Waals surface area contributed by atoms with E-state index in [-0.39, 0.29) is 49.9 Å². The van der Waals surface area contributed by atoms with Crippen LogP contribution >= 0.6 is 0 Å². The zero-order valence-electron chi connectivity index (χ0n) is 25.2. The van der Waals surface area contributed by atoms with Crippen LogP contribution in [0.3, 0.4) is 0 Å². The average molecular weight is 624 g/mol. The van der Waals surface area contributed by atoms with E-state index in [0.717, 1.165) is 38.8 Å². The molecule has 1 aliphatic heterocycles. The molecular formula is C37H32F3N3O3. The molecule has 6 rings (SSSR count). The summed E-state index contributed by atoms with van der Waals surface area (Å²) < 4.78 is 47.5. The number of benzene rings is 3. The number of ketones is 1. The van der Waals surface area contributed by atoms with Crippen LogP contribution < -0.4 is 5.73 Å². The zero-order valence-corrected chi connectivity index (χ0v) is 25.2. The van der Waals surface area contributed by atoms with Crippen LogP contribution in [-0.2, 0) is 11.2 Å². The zero-order chi connectivity index (χ0) is 32.4. The second-order valence-corrected chi connectivity index (χ2v) is 11.7. The summed E-state index contributed by atoms with van der Waals surface area (Å²) in [5.74, 6) is -2.36. The number of furan rings is 1. The number of piperidine rings is 1. The number of pyridine rings is 1. The number of allylic oxidation sites excluding steroid dienone is 1. The molecule has 5 aromatic rings. The smallest absolute Gasteiger partial charge is 0.253 e. The summed E-state index contributed by atoms with van der Waals surface area (Å²) in [6.45, 7) is 1.88. The molecule has 0 bridgehead atoms. The van der Waals surface area contributed by atoms with Gasteiger partial charge >= 0.3 is 0 Å². The number of nitrogens with zero attached hydrogens (tertiary/aromatic N) is 2. The van der Waals surface area contributed by atoms with Gasteiger partial charge < -0.3 is 15.1 Å². The Balaban J connectivity index is 1.27. The second kappa shape index (κ2) is 12.7. The number of fused-ring (bicyclic) bond motifs is 1. The number of nitrogen functional groups attached to an aromatic ring is 1. The molecule has 0 aliphatic carbocycles. The highest BCUT2D eigenvalue weighted by atomic mass is 19.3. The van der Waals surface area contributed by atoms with E-state index in [2.05, 4.69) is 4.98 Å². The molecule has 0 radical (unpaired) electrons. The highest BCUT2D eigenvalue weighted by molar-refractivity contribution is 5.99. The SMILES string of the molecule is Cc1cc(F)ccc1-c1cc(-c2ccc(C(=O)N3CCC(F)(F)CC3)cc2)cc2cc(CCC(=O)/C=C/c3ccc(N)nc3)oc12. The Morgan fingerprint density at radius 3 is 2.41 bits per heavy atom. The molecule has 1 amide bonds. The first-order valence-corrected chi connectivity index (χ1v) is 15.1. The molecule has 2 N–H and O–H groups in total. The number of halogens is 3. The van der Waals surface area contributed by atoms with Gasteiger partial charge in [-0.3, -0.25) is 9.59 Å². The number of rotatable bonds is 8. The van der Waals surface area contributed by atoms with Gasteiger partial charge in [0.1, 0.15) is 23.0 Å². The molecule has 1 saturated heterocycles. The number of amides is 1. The van der Waals surface area contributed by atoms with Crippen molar-refractivity contribution < 1.29 is 27.2 Å². The number of alkyl halides is 2. The standard InChI is InChI=1S/C37H32F3N3O3/c1-23-18-29(38)8-12-32(23)33-21-27(25-4-6-26(7-5-25)36(45)43-16-14-37(39,40)15-17-43)19-28-20-31(46-35(28)33)11-10-30(44)9-2-24-3-13-34(41)42-22-24/h2-9,12-13,18-22H,10-11,14-17H2,1H3,(H2,41,42)/b9-2+. The van der Waals surface area contributed by atoms with Crippen LogP contribution in [0.2, 0.25) is 0 Å². The van der Waals surface area contributed by atoms with Crippen molar-refractivity contribution in [2.75, 3.05) is 18.8 Å². The molecule has 3 heterocycles. The summed E-state index contributed by atoms with van der Waals surface area (Å²) in [6.07, 6.45) is 4.76. The van der Waals surface area contributed by atoms with Gasteiger partial charge in [-0.05, 0) is 101 Å². The lowest BCUT2D eigenvalue weighted by atomic mass is 9.94. The number of aryl methyl sites for hydroxylation is 2. The topological polar surface area (TPSA) is 89.4 Å². The van der Waals surface area contributed by atoms with Gasteiger partial charge in [0.05, 0.1) is 0 Å². The van der Waals surface area contributed by atoms with Crippen molar-refractivity contribution in [2.45, 2.75) is 38.5 Å². The van der Waals surface area contributed by atoms with Crippen molar-refractivity contribution in [1.29, 1.82) is 0 Å². The molecule has 2 aromatic heterocycles. The number of hydrogen-bond donors (Lipinski definition) is 1. The Morgan fingerprint density at radius 1 is 0.957 bits per heavy atom. The minimum Gasteiger partial charge on any atom is -0.460 e. The van der Waals surface area contributed by atoms with Crippen molar-refractivity contribution in [3.05, 3.63) is 113 Å². The summed E-state index contributed by atoms with van der Waals surface area (Å²) in [6, 6.07) is 21.0. The molecule has 6 nitrogen and oxygen atoms in total. The highest BCUT2D eigenvalue weighted by Crippen LogP contribution is 2.38. The number of carbonyl (C=O) groups is 2. The summed E-state index contributed by atoms with van der Waals surface area (Å²) in [7, 11) is 0. The number of likely N-dealkylation sites (tertiary alicyclic amines) is 1. The molecule has 0 spiro atoms. The van der Waals surface area contributed by atoms with Gasteiger partial charge in [0.2, 0.25) is 0 Å². The first-order valence-electron chi connectivity index (χ1n) is 15.1. The Labute approximate surface area is 264 Å². The maximum Gasteiger partial charge on any atom is 0.253 e. The van der Waals surface area contributed by atoms with E-state index >= 15 is 0 Å². The third-order valence-corrected chi connectivity index (χ3v) is 8.28. The number of anilines is 1. The molecule has 1 fully saturated rings. The van der Waals surface area contributed by atoms with Crippen molar-refractivity contribution in [3.8, 4) is 22.3 Å². The van der Waals surface area contributed by atoms with Crippen LogP contribution in [0.5, 0.6) is 0 Å². The molecule has 1 aliphatic rings. The van der Waals surface area contributed by atoms with Crippen LogP contribution in [0.4, 0.5) is 19.0 Å². The minimum atomic E-state index is -2.73. The van der Waals surface area contributed by atoms with Crippen molar-refractivity contribution in [1.82, 2.24) is 9.88 Å². The molecule has 0 atom stereocenters. The third kappa shape index (κ3) is 6.88. The fraction of sp³-hybridized carbons (Fsp3) is 0.216.